The van der Waals surface area contributed by atoms with Crippen LogP contribution in [0.4, 0.5) is 5.13 Å². The van der Waals surface area contributed by atoms with Gasteiger partial charge in [0.05, 0.1) is 31.0 Å². The molecule has 0 aliphatic rings. The van der Waals surface area contributed by atoms with Gasteiger partial charge in [-0.15, -0.1) is 11.3 Å². The number of hydrogen-bond donors (Lipinski definition) is 2. The van der Waals surface area contributed by atoms with Crippen molar-refractivity contribution in [1.29, 1.82) is 0 Å². The van der Waals surface area contributed by atoms with Crippen LogP contribution in [0.25, 0.3) is 10.9 Å². The molecule has 170 valence electrons. The highest BCUT2D eigenvalue weighted by Crippen LogP contribution is 2.36. The van der Waals surface area contributed by atoms with Crippen LogP contribution >= 0.6 is 11.3 Å². The molecule has 0 saturated carbocycles. The Kier molecular flexibility index (Phi) is 6.96. The normalized spacial score (nSPS) is 10.8. The van der Waals surface area contributed by atoms with Crippen LogP contribution < -0.4 is 19.5 Å². The molecule has 4 rings (SSSR count). The summed E-state index contributed by atoms with van der Waals surface area (Å²) in [5, 5.41) is 13.0. The largest absolute Gasteiger partial charge is 0.493 e. The number of benzene rings is 2. The van der Waals surface area contributed by atoms with Crippen LogP contribution in [0.1, 0.15) is 10.4 Å². The molecule has 0 saturated heterocycles. The van der Waals surface area contributed by atoms with E-state index in [1.165, 1.54) is 24.8 Å². The highest BCUT2D eigenvalue weighted by molar-refractivity contribution is 7.15. The number of thiazole rings is 1. The number of aliphatic hydroxyl groups is 1. The Morgan fingerprint density at radius 1 is 1.12 bits per heavy atom. The first kappa shape index (κ1) is 22.4. The molecule has 9 nitrogen and oxygen atoms in total. The standard InChI is InChI=1S/C23H22N4O5S/c1-14-12-24-23(33-14)27-21(29)9-15-3-5-16(6-4-15)32-22-17-10-19(30-2)20(31-8-7-28)11-18(17)25-13-26-22/h3-6,10-13,28H,7-9H2,1-2H3,(H,24,27,29). The monoisotopic (exact) mass is 466 g/mol. The van der Waals surface area contributed by atoms with Crippen LogP contribution in [0.3, 0.4) is 0 Å². The average molecular weight is 467 g/mol. The molecule has 0 atom stereocenters. The summed E-state index contributed by atoms with van der Waals surface area (Å²) in [7, 11) is 1.53. The van der Waals surface area contributed by atoms with Gasteiger partial charge in [-0.25, -0.2) is 15.0 Å². The lowest BCUT2D eigenvalue weighted by Gasteiger charge is -2.13. The Hall–Kier alpha value is -3.76. The first-order valence-electron chi connectivity index (χ1n) is 10.1. The molecule has 0 fully saturated rings. The average Bonchev–Trinajstić information content (AvgIpc) is 3.22. The minimum absolute atomic E-state index is 0.110. The number of methoxy groups -OCH3 is 1. The van der Waals surface area contributed by atoms with Crippen molar-refractivity contribution in [2.75, 3.05) is 25.6 Å². The quantitative estimate of drug-likeness (QED) is 0.383. The van der Waals surface area contributed by atoms with E-state index in [4.69, 9.17) is 19.3 Å². The summed E-state index contributed by atoms with van der Waals surface area (Å²) in [5.74, 6) is 1.74. The number of nitrogens with zero attached hydrogens (tertiary/aromatic N) is 3. The molecule has 2 heterocycles. The molecule has 1 amide bonds. The Morgan fingerprint density at radius 3 is 2.64 bits per heavy atom. The second-order valence-electron chi connectivity index (χ2n) is 7.02. The maximum atomic E-state index is 12.2. The number of rotatable bonds is 9. The van der Waals surface area contributed by atoms with E-state index in [1.807, 2.05) is 19.1 Å². The van der Waals surface area contributed by atoms with Crippen molar-refractivity contribution in [2.45, 2.75) is 13.3 Å². The summed E-state index contributed by atoms with van der Waals surface area (Å²) in [6.45, 7) is 1.97. The van der Waals surface area contributed by atoms with Crippen molar-refractivity contribution >= 4 is 33.3 Å². The molecule has 2 aromatic carbocycles. The first-order valence-corrected chi connectivity index (χ1v) is 10.9. The number of hydrogen-bond acceptors (Lipinski definition) is 9. The number of carbonyl (C=O) groups is 1. The lowest BCUT2D eigenvalue weighted by molar-refractivity contribution is -0.115. The van der Waals surface area contributed by atoms with E-state index in [1.54, 1.807) is 30.5 Å². The summed E-state index contributed by atoms with van der Waals surface area (Å²) < 4.78 is 16.9. The third-order valence-electron chi connectivity index (χ3n) is 4.60. The summed E-state index contributed by atoms with van der Waals surface area (Å²) in [6.07, 6.45) is 3.35. The summed E-state index contributed by atoms with van der Waals surface area (Å²) >= 11 is 1.44. The van der Waals surface area contributed by atoms with Crippen LogP contribution in [-0.2, 0) is 11.2 Å². The Morgan fingerprint density at radius 2 is 1.94 bits per heavy atom. The number of aryl methyl sites for hydroxylation is 1. The number of amides is 1. The predicted octanol–water partition coefficient (Wildman–Crippen LogP) is 3.75. The van der Waals surface area contributed by atoms with Crippen molar-refractivity contribution in [3.8, 4) is 23.1 Å². The fourth-order valence-corrected chi connectivity index (χ4v) is 3.78. The SMILES string of the molecule is COc1cc2c(Oc3ccc(CC(=O)Nc4ncc(C)s4)cc3)ncnc2cc1OCCO. The van der Waals surface area contributed by atoms with Crippen LogP contribution in [-0.4, -0.2) is 46.3 Å². The number of nitrogens with one attached hydrogen (secondary N) is 1. The van der Waals surface area contributed by atoms with Crippen LogP contribution in [0.2, 0.25) is 0 Å². The maximum Gasteiger partial charge on any atom is 0.230 e. The van der Waals surface area contributed by atoms with Crippen molar-refractivity contribution in [3.63, 3.8) is 0 Å². The summed E-state index contributed by atoms with van der Waals surface area (Å²) in [6, 6.07) is 10.7. The third kappa shape index (κ3) is 5.54. The summed E-state index contributed by atoms with van der Waals surface area (Å²) in [5.41, 5.74) is 1.45. The van der Waals surface area contributed by atoms with E-state index in [9.17, 15) is 4.79 Å². The van der Waals surface area contributed by atoms with Crippen LogP contribution in [0, 0.1) is 6.92 Å². The van der Waals surface area contributed by atoms with Gasteiger partial charge in [-0.3, -0.25) is 4.79 Å². The molecule has 0 radical (unpaired) electrons. The highest BCUT2D eigenvalue weighted by atomic mass is 32.1. The highest BCUT2D eigenvalue weighted by Gasteiger charge is 2.13. The molecule has 33 heavy (non-hydrogen) atoms. The second-order valence-corrected chi connectivity index (χ2v) is 8.25. The zero-order valence-corrected chi connectivity index (χ0v) is 18.9. The number of fused-ring (bicyclic) bond motifs is 1. The molecular weight excluding hydrogens is 444 g/mol. The molecule has 4 aromatic rings. The van der Waals surface area contributed by atoms with Crippen molar-refractivity contribution in [2.24, 2.45) is 0 Å². The summed E-state index contributed by atoms with van der Waals surface area (Å²) in [4.78, 5) is 25.9. The Balaban J connectivity index is 1.48. The number of carbonyl (C=O) groups excluding carboxylic acids is 1. The Labute approximate surface area is 194 Å². The minimum atomic E-state index is -0.133. The van der Waals surface area contributed by atoms with Crippen molar-refractivity contribution in [1.82, 2.24) is 15.0 Å². The molecule has 2 N–H and O–H groups in total. The van der Waals surface area contributed by atoms with Crippen molar-refractivity contribution < 1.29 is 24.1 Å². The topological polar surface area (TPSA) is 116 Å². The van der Waals surface area contributed by atoms with E-state index in [2.05, 4.69) is 20.3 Å². The fraction of sp³-hybridized carbons (Fsp3) is 0.217. The van der Waals surface area contributed by atoms with Gasteiger partial charge < -0.3 is 24.6 Å². The Bertz CT molecular complexity index is 1260. The fourth-order valence-electron chi connectivity index (χ4n) is 3.10. The van der Waals surface area contributed by atoms with Gasteiger partial charge in [0.15, 0.2) is 16.6 Å². The molecule has 0 aliphatic heterocycles. The zero-order chi connectivity index (χ0) is 23.2. The molecular formula is C23H22N4O5S. The van der Waals surface area contributed by atoms with E-state index in [0.717, 1.165) is 10.4 Å². The van der Waals surface area contributed by atoms with Gasteiger partial charge in [-0.05, 0) is 30.7 Å². The van der Waals surface area contributed by atoms with Gasteiger partial charge in [-0.2, -0.15) is 0 Å². The van der Waals surface area contributed by atoms with Gasteiger partial charge in [-0.1, -0.05) is 12.1 Å². The number of aliphatic hydroxyl groups excluding tert-OH is 1. The minimum Gasteiger partial charge on any atom is -0.493 e. The molecule has 0 unspecified atom stereocenters. The van der Waals surface area contributed by atoms with Crippen LogP contribution in [0.15, 0.2) is 48.9 Å². The number of anilines is 1. The first-order chi connectivity index (χ1) is 16.1. The second kappa shape index (κ2) is 10.2. The number of aromatic nitrogens is 3. The predicted molar refractivity (Wildman–Crippen MR) is 124 cm³/mol. The van der Waals surface area contributed by atoms with Crippen molar-refractivity contribution in [3.05, 3.63) is 59.4 Å². The molecule has 10 heteroatoms. The lowest BCUT2D eigenvalue weighted by atomic mass is 10.1. The molecule has 2 aromatic heterocycles. The molecule has 0 aliphatic carbocycles. The van der Waals surface area contributed by atoms with E-state index >= 15 is 0 Å². The van der Waals surface area contributed by atoms with Gasteiger partial charge in [0.1, 0.15) is 18.7 Å². The molecule has 0 spiro atoms. The van der Waals surface area contributed by atoms with Gasteiger partial charge in [0, 0.05) is 17.1 Å². The lowest BCUT2D eigenvalue weighted by Crippen LogP contribution is -2.14. The van der Waals surface area contributed by atoms with Crippen LogP contribution in [0.5, 0.6) is 23.1 Å². The number of ether oxygens (including phenoxy) is 3. The zero-order valence-electron chi connectivity index (χ0n) is 18.1. The van der Waals surface area contributed by atoms with Gasteiger partial charge >= 0.3 is 0 Å². The van der Waals surface area contributed by atoms with Gasteiger partial charge in [0.25, 0.3) is 0 Å². The van der Waals surface area contributed by atoms with Gasteiger partial charge in [0.2, 0.25) is 11.8 Å². The van der Waals surface area contributed by atoms with E-state index < -0.39 is 0 Å². The maximum absolute atomic E-state index is 12.2. The smallest absolute Gasteiger partial charge is 0.230 e. The molecule has 0 bridgehead atoms. The van der Waals surface area contributed by atoms with E-state index in [0.29, 0.717) is 39.2 Å². The third-order valence-corrected chi connectivity index (χ3v) is 5.43. The van der Waals surface area contributed by atoms with E-state index in [-0.39, 0.29) is 25.5 Å².